The van der Waals surface area contributed by atoms with Crippen molar-refractivity contribution >= 4 is 17.6 Å². The van der Waals surface area contributed by atoms with Crippen LogP contribution in [0.5, 0.6) is 0 Å². The number of hydrogen-bond acceptors (Lipinski definition) is 7. The van der Waals surface area contributed by atoms with Crippen LogP contribution in [0.4, 0.5) is 5.69 Å². The van der Waals surface area contributed by atoms with Gasteiger partial charge < -0.3 is 14.2 Å². The highest BCUT2D eigenvalue weighted by molar-refractivity contribution is 5.91. The van der Waals surface area contributed by atoms with Crippen molar-refractivity contribution in [1.82, 2.24) is 0 Å². The van der Waals surface area contributed by atoms with Crippen LogP contribution < -0.4 is 0 Å². The smallest absolute Gasteiger partial charge is 0.374 e. The zero-order chi connectivity index (χ0) is 17.3. The number of nitrogens with zero attached hydrogens (tertiary/aromatic N) is 1. The molecule has 24 heavy (non-hydrogen) atoms. The SMILES string of the molecule is CCOC(=O)C1COC2=C(COC2=O)C1c1ccc([N+](=O)[O-])cc1. The lowest BCUT2D eigenvalue weighted by molar-refractivity contribution is -0.384. The highest BCUT2D eigenvalue weighted by Gasteiger charge is 2.44. The molecule has 0 aliphatic carbocycles. The number of nitro groups is 1. The predicted octanol–water partition coefficient (Wildman–Crippen LogP) is 1.70. The quantitative estimate of drug-likeness (QED) is 0.469. The van der Waals surface area contributed by atoms with Gasteiger partial charge in [0.2, 0.25) is 5.76 Å². The molecule has 0 fully saturated rings. The molecule has 126 valence electrons. The number of benzene rings is 1. The van der Waals surface area contributed by atoms with E-state index in [-0.39, 0.29) is 31.3 Å². The van der Waals surface area contributed by atoms with Gasteiger partial charge in [-0.05, 0) is 12.5 Å². The van der Waals surface area contributed by atoms with E-state index in [4.69, 9.17) is 14.2 Å². The van der Waals surface area contributed by atoms with Gasteiger partial charge in [0.05, 0.1) is 11.5 Å². The lowest BCUT2D eigenvalue weighted by Crippen LogP contribution is -2.34. The number of esters is 2. The minimum atomic E-state index is -0.639. The van der Waals surface area contributed by atoms with E-state index in [9.17, 15) is 19.7 Å². The van der Waals surface area contributed by atoms with Crippen LogP contribution in [0, 0.1) is 16.0 Å². The van der Waals surface area contributed by atoms with Crippen molar-refractivity contribution in [2.75, 3.05) is 19.8 Å². The van der Waals surface area contributed by atoms with Crippen molar-refractivity contribution in [2.24, 2.45) is 5.92 Å². The van der Waals surface area contributed by atoms with Crippen LogP contribution in [0.25, 0.3) is 0 Å². The summed E-state index contributed by atoms with van der Waals surface area (Å²) in [7, 11) is 0. The van der Waals surface area contributed by atoms with Gasteiger partial charge >= 0.3 is 11.9 Å². The molecule has 2 aliphatic heterocycles. The first-order valence-corrected chi connectivity index (χ1v) is 7.47. The van der Waals surface area contributed by atoms with Gasteiger partial charge in [0.25, 0.3) is 5.69 Å². The summed E-state index contributed by atoms with van der Waals surface area (Å²) < 4.78 is 15.5. The maximum Gasteiger partial charge on any atom is 0.374 e. The second-order valence-corrected chi connectivity index (χ2v) is 5.43. The Morgan fingerprint density at radius 2 is 2.04 bits per heavy atom. The summed E-state index contributed by atoms with van der Waals surface area (Å²) in [4.78, 5) is 34.3. The molecule has 8 heteroatoms. The molecular weight excluding hydrogens is 318 g/mol. The van der Waals surface area contributed by atoms with E-state index in [1.807, 2.05) is 0 Å². The zero-order valence-corrected chi connectivity index (χ0v) is 12.9. The first-order chi connectivity index (χ1) is 11.5. The van der Waals surface area contributed by atoms with Gasteiger partial charge in [-0.15, -0.1) is 0 Å². The van der Waals surface area contributed by atoms with Crippen LogP contribution >= 0.6 is 0 Å². The Hall–Kier alpha value is -2.90. The fourth-order valence-corrected chi connectivity index (χ4v) is 2.99. The van der Waals surface area contributed by atoms with Crippen LogP contribution in [-0.2, 0) is 23.8 Å². The Morgan fingerprint density at radius 1 is 1.33 bits per heavy atom. The third kappa shape index (κ3) is 2.70. The van der Waals surface area contributed by atoms with Gasteiger partial charge in [0, 0.05) is 23.6 Å². The standard InChI is InChI=1S/C16H15NO7/c1-2-22-15(18)12-8-23-14-11(7-24-16(14)19)13(12)9-3-5-10(6-4-9)17(20)21/h3-6,12-13H,2,7-8H2,1H3. The molecule has 0 saturated carbocycles. The fourth-order valence-electron chi connectivity index (χ4n) is 2.99. The second-order valence-electron chi connectivity index (χ2n) is 5.43. The number of ether oxygens (including phenoxy) is 3. The number of carbonyl (C=O) groups excluding carboxylic acids is 2. The Labute approximate surface area is 137 Å². The number of carbonyl (C=O) groups is 2. The average molecular weight is 333 g/mol. The van der Waals surface area contributed by atoms with Crippen molar-refractivity contribution < 1.29 is 28.7 Å². The monoisotopic (exact) mass is 333 g/mol. The molecule has 1 aromatic carbocycles. The Morgan fingerprint density at radius 3 is 2.67 bits per heavy atom. The maximum atomic E-state index is 12.3. The van der Waals surface area contributed by atoms with Crippen molar-refractivity contribution in [3.05, 3.63) is 51.3 Å². The van der Waals surface area contributed by atoms with E-state index in [0.717, 1.165) is 0 Å². The summed E-state index contributed by atoms with van der Waals surface area (Å²) in [6.45, 7) is 1.96. The normalized spacial score (nSPS) is 22.5. The summed E-state index contributed by atoms with van der Waals surface area (Å²) in [6.07, 6.45) is 0. The van der Waals surface area contributed by atoms with Gasteiger partial charge in [-0.2, -0.15) is 0 Å². The lowest BCUT2D eigenvalue weighted by Gasteiger charge is -2.30. The van der Waals surface area contributed by atoms with Crippen molar-refractivity contribution in [1.29, 1.82) is 0 Å². The summed E-state index contributed by atoms with van der Waals surface area (Å²) in [5, 5.41) is 10.8. The van der Waals surface area contributed by atoms with E-state index in [1.165, 1.54) is 12.1 Å². The number of non-ortho nitro benzene ring substituents is 1. The number of hydrogen-bond donors (Lipinski definition) is 0. The largest absolute Gasteiger partial charge is 0.486 e. The molecule has 0 N–H and O–H groups in total. The average Bonchev–Trinajstić information content (AvgIpc) is 2.95. The maximum absolute atomic E-state index is 12.3. The molecule has 0 radical (unpaired) electrons. The van der Waals surface area contributed by atoms with Crippen LogP contribution in [0.2, 0.25) is 0 Å². The summed E-state index contributed by atoms with van der Waals surface area (Å²) in [5.74, 6) is -1.98. The number of cyclic esters (lactones) is 1. The third-order valence-corrected chi connectivity index (χ3v) is 4.07. The molecule has 2 aliphatic rings. The van der Waals surface area contributed by atoms with E-state index in [1.54, 1.807) is 19.1 Å². The molecule has 3 rings (SSSR count). The fraction of sp³-hybridized carbons (Fsp3) is 0.375. The van der Waals surface area contributed by atoms with Gasteiger partial charge in [0.15, 0.2) is 0 Å². The molecule has 2 heterocycles. The highest BCUT2D eigenvalue weighted by atomic mass is 16.6. The van der Waals surface area contributed by atoms with Gasteiger partial charge in [-0.25, -0.2) is 4.79 Å². The van der Waals surface area contributed by atoms with Gasteiger partial charge in [-0.1, -0.05) is 12.1 Å². The van der Waals surface area contributed by atoms with Crippen molar-refractivity contribution in [3.63, 3.8) is 0 Å². The summed E-state index contributed by atoms with van der Waals surface area (Å²) in [5.41, 5.74) is 1.19. The first kappa shape index (κ1) is 16.0. The van der Waals surface area contributed by atoms with Crippen LogP contribution in [0.1, 0.15) is 18.4 Å². The van der Waals surface area contributed by atoms with E-state index >= 15 is 0 Å². The summed E-state index contributed by atoms with van der Waals surface area (Å²) >= 11 is 0. The topological polar surface area (TPSA) is 105 Å². The zero-order valence-electron chi connectivity index (χ0n) is 12.9. The number of nitro benzene ring substituents is 1. The Kier molecular flexibility index (Phi) is 4.20. The lowest BCUT2D eigenvalue weighted by atomic mass is 9.79. The molecule has 0 spiro atoms. The minimum absolute atomic E-state index is 0.00553. The Balaban J connectivity index is 2.01. The highest BCUT2D eigenvalue weighted by Crippen LogP contribution is 2.42. The van der Waals surface area contributed by atoms with Crippen LogP contribution in [-0.4, -0.2) is 36.7 Å². The van der Waals surface area contributed by atoms with Crippen molar-refractivity contribution in [3.8, 4) is 0 Å². The van der Waals surface area contributed by atoms with E-state index in [0.29, 0.717) is 11.1 Å². The first-order valence-electron chi connectivity index (χ1n) is 7.47. The van der Waals surface area contributed by atoms with E-state index < -0.39 is 28.7 Å². The predicted molar refractivity (Wildman–Crippen MR) is 79.9 cm³/mol. The number of rotatable bonds is 4. The molecule has 2 atom stereocenters. The summed E-state index contributed by atoms with van der Waals surface area (Å²) in [6, 6.07) is 5.89. The molecular formula is C16H15NO7. The Bertz CT molecular complexity index is 722. The van der Waals surface area contributed by atoms with Crippen LogP contribution in [0.15, 0.2) is 35.6 Å². The van der Waals surface area contributed by atoms with Gasteiger partial charge in [-0.3, -0.25) is 14.9 Å². The molecule has 1 aromatic rings. The van der Waals surface area contributed by atoms with Gasteiger partial charge in [0.1, 0.15) is 19.1 Å². The molecule has 2 unspecified atom stereocenters. The minimum Gasteiger partial charge on any atom is -0.486 e. The second kappa shape index (κ2) is 6.31. The van der Waals surface area contributed by atoms with E-state index in [2.05, 4.69) is 0 Å². The van der Waals surface area contributed by atoms with Crippen LogP contribution in [0.3, 0.4) is 0 Å². The molecule has 8 nitrogen and oxygen atoms in total. The van der Waals surface area contributed by atoms with Crippen molar-refractivity contribution in [2.45, 2.75) is 12.8 Å². The molecule has 0 aromatic heterocycles. The molecule has 0 amide bonds. The molecule has 0 saturated heterocycles. The third-order valence-electron chi connectivity index (χ3n) is 4.07. The molecule has 0 bridgehead atoms.